The number of aromatic nitrogens is 1. The Kier molecular flexibility index (Phi) is 5.81. The molecule has 0 saturated heterocycles. The maximum atomic E-state index is 10.7. The van der Waals surface area contributed by atoms with Gasteiger partial charge in [-0.2, -0.15) is 0 Å². The third kappa shape index (κ3) is 4.27. The molecule has 0 saturated carbocycles. The molecule has 2 atom stereocenters. The fourth-order valence-corrected chi connectivity index (χ4v) is 5.20. The third-order valence-electron chi connectivity index (χ3n) is 5.13. The summed E-state index contributed by atoms with van der Waals surface area (Å²) in [5, 5.41) is 0. The molecule has 0 bridgehead atoms. The summed E-state index contributed by atoms with van der Waals surface area (Å²) in [5.74, 6) is 0.708. The van der Waals surface area contributed by atoms with Crippen LogP contribution in [-0.2, 0) is 20.9 Å². The van der Waals surface area contributed by atoms with Gasteiger partial charge in [-0.1, -0.05) is 48.5 Å². The van der Waals surface area contributed by atoms with Crippen molar-refractivity contribution >= 4 is 18.5 Å². The fourth-order valence-electron chi connectivity index (χ4n) is 3.72. The third-order valence-corrected chi connectivity index (χ3v) is 6.76. The Morgan fingerprint density at radius 3 is 2.31 bits per heavy atom. The molecular formula is C22H23NO4PS+. The maximum absolute atomic E-state index is 10.7. The summed E-state index contributed by atoms with van der Waals surface area (Å²) >= 11 is 5.29. The van der Waals surface area contributed by atoms with E-state index in [0.717, 1.165) is 5.69 Å². The van der Waals surface area contributed by atoms with Crippen LogP contribution < -0.4 is 9.72 Å². The molecule has 1 unspecified atom stereocenters. The second kappa shape index (κ2) is 8.34. The number of rotatable bonds is 7. The highest BCUT2D eigenvalue weighted by Crippen LogP contribution is 2.51. The molecule has 7 heteroatoms. The van der Waals surface area contributed by atoms with Gasteiger partial charge in [0.2, 0.25) is 5.69 Å². The molecule has 4 rings (SSSR count). The zero-order valence-electron chi connectivity index (χ0n) is 16.2. The minimum Gasteiger partial charge on any atom is -0.496 e. The van der Waals surface area contributed by atoms with Gasteiger partial charge in [0.05, 0.1) is 19.8 Å². The van der Waals surface area contributed by atoms with Crippen LogP contribution in [0, 0.1) is 0 Å². The van der Waals surface area contributed by atoms with E-state index in [1.165, 1.54) is 22.3 Å². The lowest BCUT2D eigenvalue weighted by Gasteiger charge is -2.21. The van der Waals surface area contributed by atoms with Gasteiger partial charge in [0.25, 0.3) is 0 Å². The Morgan fingerprint density at radius 2 is 1.69 bits per heavy atom. The van der Waals surface area contributed by atoms with E-state index in [1.54, 1.807) is 19.4 Å². The Morgan fingerprint density at radius 1 is 1.07 bits per heavy atom. The lowest BCUT2D eigenvalue weighted by molar-refractivity contribution is -0.398. The van der Waals surface area contributed by atoms with Crippen molar-refractivity contribution in [2.24, 2.45) is 0 Å². The SMILES string of the molecule is COc1cc[nH+]c([C@@H](C)OP(O)(=S)OCC2c3ccccc3-c3ccccc32)c1. The number of aromatic amines is 1. The van der Waals surface area contributed by atoms with E-state index < -0.39 is 12.8 Å². The number of hydrogen-bond donors (Lipinski definition) is 1. The number of nitrogens with one attached hydrogen (secondary N) is 1. The van der Waals surface area contributed by atoms with Gasteiger partial charge in [-0.25, -0.2) is 4.98 Å². The van der Waals surface area contributed by atoms with Gasteiger partial charge in [-0.3, -0.25) is 4.52 Å². The molecule has 1 aliphatic rings. The Labute approximate surface area is 175 Å². The summed E-state index contributed by atoms with van der Waals surface area (Å²) in [6.07, 6.45) is 1.28. The molecule has 5 nitrogen and oxygen atoms in total. The zero-order chi connectivity index (χ0) is 20.4. The van der Waals surface area contributed by atoms with E-state index in [1.807, 2.05) is 37.3 Å². The van der Waals surface area contributed by atoms with Gasteiger partial charge in [0.15, 0.2) is 6.20 Å². The molecule has 1 aromatic heterocycles. The van der Waals surface area contributed by atoms with Crippen LogP contribution in [0.5, 0.6) is 5.75 Å². The number of hydrogen-bond acceptors (Lipinski definition) is 4. The Hall–Kier alpha value is -2.08. The van der Waals surface area contributed by atoms with E-state index >= 15 is 0 Å². The standard InChI is InChI=1S/C22H22NO4PS/c1-15(22-13-16(25-2)11-12-23-22)27-28(24,29)26-14-21-19-9-5-3-7-17(19)18-8-4-6-10-20(18)21/h3-13,15,21H,14H2,1-2H3,(H,24,29)/p+1/t15-,28?/m1/s1. The van der Waals surface area contributed by atoms with Gasteiger partial charge < -0.3 is 14.2 Å². The number of benzene rings is 2. The van der Waals surface area contributed by atoms with Crippen molar-refractivity contribution in [2.45, 2.75) is 18.9 Å². The van der Waals surface area contributed by atoms with E-state index in [-0.39, 0.29) is 12.5 Å². The van der Waals surface area contributed by atoms with Crippen molar-refractivity contribution in [1.82, 2.24) is 0 Å². The first-order chi connectivity index (χ1) is 14.0. The van der Waals surface area contributed by atoms with Crippen LogP contribution in [-0.4, -0.2) is 18.6 Å². The molecule has 2 aromatic carbocycles. The van der Waals surface area contributed by atoms with Gasteiger partial charge >= 0.3 is 6.72 Å². The van der Waals surface area contributed by atoms with Crippen LogP contribution in [0.4, 0.5) is 0 Å². The molecule has 3 aromatic rings. The smallest absolute Gasteiger partial charge is 0.325 e. The Bertz CT molecular complexity index is 1030. The monoisotopic (exact) mass is 428 g/mol. The normalized spacial score (nSPS) is 16.0. The number of methoxy groups -OCH3 is 1. The highest BCUT2D eigenvalue weighted by atomic mass is 32.5. The quantitative estimate of drug-likeness (QED) is 0.556. The van der Waals surface area contributed by atoms with Crippen molar-refractivity contribution in [2.75, 3.05) is 13.7 Å². The van der Waals surface area contributed by atoms with Crippen molar-refractivity contribution in [3.05, 3.63) is 83.7 Å². The summed E-state index contributed by atoms with van der Waals surface area (Å²) in [6.45, 7) is -1.37. The van der Waals surface area contributed by atoms with Gasteiger partial charge in [-0.05, 0) is 41.0 Å². The first-order valence-corrected chi connectivity index (χ1v) is 12.0. The average Bonchev–Trinajstić information content (AvgIpc) is 3.06. The lowest BCUT2D eigenvalue weighted by atomic mass is 9.98. The fraction of sp³-hybridized carbons (Fsp3) is 0.227. The summed E-state index contributed by atoms with van der Waals surface area (Å²) in [5.41, 5.74) is 5.50. The highest BCUT2D eigenvalue weighted by molar-refractivity contribution is 8.07. The number of fused-ring (bicyclic) bond motifs is 3. The molecule has 2 N–H and O–H groups in total. The van der Waals surface area contributed by atoms with Crippen LogP contribution in [0.2, 0.25) is 0 Å². The summed E-state index contributed by atoms with van der Waals surface area (Å²) in [6, 6.07) is 20.1. The van der Waals surface area contributed by atoms with Gasteiger partial charge in [0, 0.05) is 12.0 Å². The maximum Gasteiger partial charge on any atom is 0.325 e. The van der Waals surface area contributed by atoms with Crippen LogP contribution in [0.15, 0.2) is 66.9 Å². The van der Waals surface area contributed by atoms with Crippen LogP contribution in [0.1, 0.15) is 35.8 Å². The van der Waals surface area contributed by atoms with E-state index in [9.17, 15) is 4.89 Å². The molecule has 0 fully saturated rings. The molecule has 150 valence electrons. The van der Waals surface area contributed by atoms with E-state index in [4.69, 9.17) is 25.6 Å². The molecule has 29 heavy (non-hydrogen) atoms. The highest BCUT2D eigenvalue weighted by Gasteiger charge is 2.31. The van der Waals surface area contributed by atoms with Crippen molar-refractivity contribution in [1.29, 1.82) is 0 Å². The number of H-pyrrole nitrogens is 1. The largest absolute Gasteiger partial charge is 0.496 e. The number of pyridine rings is 1. The summed E-state index contributed by atoms with van der Waals surface area (Å²) in [4.78, 5) is 13.8. The molecule has 0 amide bonds. The minimum absolute atomic E-state index is 0.0131. The molecule has 0 radical (unpaired) electrons. The molecule has 1 aliphatic carbocycles. The summed E-state index contributed by atoms with van der Waals surface area (Å²) in [7, 11) is 1.60. The second-order valence-electron chi connectivity index (χ2n) is 6.92. The van der Waals surface area contributed by atoms with E-state index in [0.29, 0.717) is 5.75 Å². The van der Waals surface area contributed by atoms with Crippen LogP contribution in [0.3, 0.4) is 0 Å². The van der Waals surface area contributed by atoms with Crippen LogP contribution >= 0.6 is 6.72 Å². The predicted octanol–water partition coefficient (Wildman–Crippen LogP) is 4.63. The zero-order valence-corrected chi connectivity index (χ0v) is 18.0. The number of ether oxygens (including phenoxy) is 1. The van der Waals surface area contributed by atoms with Crippen molar-refractivity contribution < 1.29 is 23.7 Å². The summed E-state index contributed by atoms with van der Waals surface area (Å²) < 4.78 is 16.8. The van der Waals surface area contributed by atoms with Gasteiger partial charge in [-0.15, -0.1) is 0 Å². The minimum atomic E-state index is -3.44. The van der Waals surface area contributed by atoms with E-state index in [2.05, 4.69) is 29.2 Å². The molecule has 0 aliphatic heterocycles. The first kappa shape index (κ1) is 20.2. The van der Waals surface area contributed by atoms with Crippen molar-refractivity contribution in [3.63, 3.8) is 0 Å². The second-order valence-corrected chi connectivity index (χ2v) is 9.71. The molecule has 1 heterocycles. The molecular weight excluding hydrogens is 405 g/mol. The van der Waals surface area contributed by atoms with Crippen molar-refractivity contribution in [3.8, 4) is 16.9 Å². The van der Waals surface area contributed by atoms with Gasteiger partial charge in [0.1, 0.15) is 11.9 Å². The van der Waals surface area contributed by atoms with Crippen LogP contribution in [0.25, 0.3) is 11.1 Å². The molecule has 0 spiro atoms. The topological polar surface area (TPSA) is 62.1 Å². The lowest BCUT2D eigenvalue weighted by Crippen LogP contribution is -2.15. The predicted molar refractivity (Wildman–Crippen MR) is 115 cm³/mol. The Balaban J connectivity index is 1.49. The first-order valence-electron chi connectivity index (χ1n) is 9.38. The average molecular weight is 428 g/mol.